The molecule has 3 N–H and O–H groups in total. The van der Waals surface area contributed by atoms with Gasteiger partial charge in [0.05, 0.1) is 19.4 Å². The molecule has 0 atom stereocenters. The second kappa shape index (κ2) is 8.31. The summed E-state index contributed by atoms with van der Waals surface area (Å²) in [5.74, 6) is 1.36. The van der Waals surface area contributed by atoms with Crippen LogP contribution in [0.4, 0.5) is 16.4 Å². The van der Waals surface area contributed by atoms with Gasteiger partial charge in [0.15, 0.2) is 5.65 Å². The molecule has 11 heteroatoms. The summed E-state index contributed by atoms with van der Waals surface area (Å²) in [6, 6.07) is 2.61. The van der Waals surface area contributed by atoms with Gasteiger partial charge in [0.1, 0.15) is 17.3 Å². The highest BCUT2D eigenvalue weighted by Gasteiger charge is 2.29. The van der Waals surface area contributed by atoms with Gasteiger partial charge in [-0.1, -0.05) is 0 Å². The zero-order valence-corrected chi connectivity index (χ0v) is 18.4. The van der Waals surface area contributed by atoms with Crippen molar-refractivity contribution >= 4 is 35.3 Å². The second-order valence-corrected chi connectivity index (χ2v) is 9.09. The smallest absolute Gasteiger partial charge is 0.326 e. The summed E-state index contributed by atoms with van der Waals surface area (Å²) in [4.78, 5) is 33.3. The first-order valence-corrected chi connectivity index (χ1v) is 11.7. The predicted molar refractivity (Wildman–Crippen MR) is 122 cm³/mol. The van der Waals surface area contributed by atoms with Crippen LogP contribution < -0.4 is 20.9 Å². The maximum absolute atomic E-state index is 12.0. The van der Waals surface area contributed by atoms with Crippen molar-refractivity contribution in [1.82, 2.24) is 30.1 Å². The van der Waals surface area contributed by atoms with E-state index >= 15 is 0 Å². The lowest BCUT2D eigenvalue weighted by atomic mass is 10.0. The Morgan fingerprint density at radius 2 is 1.85 bits per heavy atom. The van der Waals surface area contributed by atoms with Crippen LogP contribution in [0.3, 0.4) is 0 Å². The molecule has 0 radical (unpaired) electrons. The molecule has 0 spiro atoms. The van der Waals surface area contributed by atoms with E-state index < -0.39 is 11.9 Å². The van der Waals surface area contributed by atoms with E-state index in [9.17, 15) is 9.59 Å². The van der Waals surface area contributed by atoms with E-state index in [4.69, 9.17) is 9.72 Å². The quantitative estimate of drug-likeness (QED) is 0.450. The number of carbonyl (C=O) groups is 2. The molecule has 6 rings (SSSR count). The van der Waals surface area contributed by atoms with Crippen molar-refractivity contribution < 1.29 is 14.3 Å². The van der Waals surface area contributed by atoms with Crippen LogP contribution in [-0.4, -0.2) is 82.9 Å². The molecule has 1 aliphatic carbocycles. The number of aromatic nitrogens is 3. The number of anilines is 2. The van der Waals surface area contributed by atoms with Gasteiger partial charge in [-0.15, -0.1) is 0 Å². The van der Waals surface area contributed by atoms with Crippen molar-refractivity contribution in [2.24, 2.45) is 0 Å². The maximum Gasteiger partial charge on any atom is 0.326 e. The molecule has 33 heavy (non-hydrogen) atoms. The molecule has 0 bridgehead atoms. The van der Waals surface area contributed by atoms with Gasteiger partial charge in [0.25, 0.3) is 5.91 Å². The number of hydrogen-bond donors (Lipinski definition) is 3. The molecular weight excluding hydrogens is 424 g/mol. The lowest BCUT2D eigenvalue weighted by molar-refractivity contribution is -0.115. The molecule has 2 aromatic heterocycles. The fourth-order valence-electron chi connectivity index (χ4n) is 4.81. The Balaban J connectivity index is 1.28. The van der Waals surface area contributed by atoms with Crippen molar-refractivity contribution in [3.05, 3.63) is 23.5 Å². The molecule has 0 aromatic carbocycles. The number of hydrogen-bond acceptors (Lipinski definition) is 8. The number of urea groups is 1. The summed E-state index contributed by atoms with van der Waals surface area (Å²) in [5.41, 5.74) is 1.55. The van der Waals surface area contributed by atoms with Crippen LogP contribution in [-0.2, 0) is 9.53 Å². The van der Waals surface area contributed by atoms with Crippen molar-refractivity contribution in [2.75, 3.05) is 49.6 Å². The fraction of sp³-hybridized carbons (Fsp3) is 0.545. The zero-order chi connectivity index (χ0) is 22.4. The third-order valence-corrected chi connectivity index (χ3v) is 6.79. The SMILES string of the molecule is O=C1NC(=O)/C(=C/c2cnn3c(NC4CC4)cc(N4CCC(N5CCOCC5)CC4)nc23)N1. The number of rotatable bonds is 5. The van der Waals surface area contributed by atoms with E-state index in [-0.39, 0.29) is 5.70 Å². The maximum atomic E-state index is 12.0. The number of morpholine rings is 1. The van der Waals surface area contributed by atoms with Gasteiger partial charge < -0.3 is 20.3 Å². The van der Waals surface area contributed by atoms with Crippen molar-refractivity contribution in [1.29, 1.82) is 0 Å². The number of ether oxygens (including phenoxy) is 1. The Morgan fingerprint density at radius 3 is 2.55 bits per heavy atom. The molecule has 5 heterocycles. The van der Waals surface area contributed by atoms with E-state index in [0.29, 0.717) is 23.3 Å². The van der Waals surface area contributed by atoms with Crippen LogP contribution in [0.5, 0.6) is 0 Å². The summed E-state index contributed by atoms with van der Waals surface area (Å²) in [6.45, 7) is 5.57. The number of fused-ring (bicyclic) bond motifs is 1. The minimum absolute atomic E-state index is 0.199. The van der Waals surface area contributed by atoms with Gasteiger partial charge in [-0.25, -0.2) is 9.78 Å². The van der Waals surface area contributed by atoms with Crippen LogP contribution in [0.1, 0.15) is 31.2 Å². The van der Waals surface area contributed by atoms with Crippen LogP contribution in [0.25, 0.3) is 11.7 Å². The molecule has 4 aliphatic rings. The van der Waals surface area contributed by atoms with Gasteiger partial charge in [0.2, 0.25) is 0 Å². The van der Waals surface area contributed by atoms with Crippen LogP contribution in [0.2, 0.25) is 0 Å². The van der Waals surface area contributed by atoms with E-state index in [1.165, 1.54) is 0 Å². The Kier molecular flexibility index (Phi) is 5.14. The lowest BCUT2D eigenvalue weighted by Gasteiger charge is -2.40. The molecular formula is C22H28N8O3. The molecule has 11 nitrogen and oxygen atoms in total. The number of piperidine rings is 1. The van der Waals surface area contributed by atoms with Crippen molar-refractivity contribution in [3.8, 4) is 0 Å². The Bertz CT molecular complexity index is 1110. The second-order valence-electron chi connectivity index (χ2n) is 9.09. The highest BCUT2D eigenvalue weighted by Crippen LogP contribution is 2.30. The predicted octanol–water partition coefficient (Wildman–Crippen LogP) is 0.785. The average molecular weight is 453 g/mol. The molecule has 4 fully saturated rings. The van der Waals surface area contributed by atoms with Crippen molar-refractivity contribution in [2.45, 2.75) is 37.8 Å². The fourth-order valence-corrected chi connectivity index (χ4v) is 4.81. The Hall–Kier alpha value is -3.18. The number of amides is 3. The molecule has 174 valence electrons. The largest absolute Gasteiger partial charge is 0.379 e. The zero-order valence-electron chi connectivity index (χ0n) is 18.4. The normalized spacial score (nSPS) is 23.9. The Labute approximate surface area is 191 Å². The van der Waals surface area contributed by atoms with Gasteiger partial charge in [-0.2, -0.15) is 9.61 Å². The molecule has 0 unspecified atom stereocenters. The number of carbonyl (C=O) groups excluding carboxylic acids is 2. The first-order valence-electron chi connectivity index (χ1n) is 11.7. The number of nitrogens with zero attached hydrogens (tertiary/aromatic N) is 5. The third-order valence-electron chi connectivity index (χ3n) is 6.79. The summed E-state index contributed by atoms with van der Waals surface area (Å²) in [6.07, 6.45) is 7.80. The van der Waals surface area contributed by atoms with Gasteiger partial charge in [0, 0.05) is 49.9 Å². The van der Waals surface area contributed by atoms with Crippen LogP contribution in [0.15, 0.2) is 18.0 Å². The summed E-state index contributed by atoms with van der Waals surface area (Å²) in [7, 11) is 0. The summed E-state index contributed by atoms with van der Waals surface area (Å²) >= 11 is 0. The van der Waals surface area contributed by atoms with Gasteiger partial charge >= 0.3 is 6.03 Å². The Morgan fingerprint density at radius 1 is 1.06 bits per heavy atom. The monoisotopic (exact) mass is 452 g/mol. The summed E-state index contributed by atoms with van der Waals surface area (Å²) < 4.78 is 7.29. The van der Waals surface area contributed by atoms with E-state index in [1.807, 2.05) is 0 Å². The van der Waals surface area contributed by atoms with E-state index in [2.05, 4.69) is 36.9 Å². The van der Waals surface area contributed by atoms with Crippen LogP contribution in [0, 0.1) is 0 Å². The molecule has 3 aliphatic heterocycles. The molecule has 3 saturated heterocycles. The topological polar surface area (TPSA) is 116 Å². The minimum Gasteiger partial charge on any atom is -0.379 e. The van der Waals surface area contributed by atoms with E-state index in [1.54, 1.807) is 16.8 Å². The molecule has 1 saturated carbocycles. The highest BCUT2D eigenvalue weighted by molar-refractivity contribution is 6.14. The standard InChI is InChI=1S/C22H28N8O3/c31-21-17(25-22(32)27-21)11-14-13-23-30-19(24-15-1-2-15)12-18(26-20(14)30)29-5-3-16(4-6-29)28-7-9-33-10-8-28/h11-13,15-16,24H,1-10H2,(H2,25,27,31,32)/b17-11-. The molecule has 2 aromatic rings. The average Bonchev–Trinajstić information content (AvgIpc) is 3.47. The highest BCUT2D eigenvalue weighted by atomic mass is 16.5. The first kappa shape index (κ1) is 20.4. The summed E-state index contributed by atoms with van der Waals surface area (Å²) in [5, 5.41) is 12.8. The lowest BCUT2D eigenvalue weighted by Crippen LogP contribution is -2.49. The third kappa shape index (κ3) is 4.13. The minimum atomic E-state index is -0.518. The van der Waals surface area contributed by atoms with Crippen LogP contribution >= 0.6 is 0 Å². The van der Waals surface area contributed by atoms with Gasteiger partial charge in [-0.05, 0) is 31.8 Å². The number of imide groups is 1. The molecule has 3 amide bonds. The first-order chi connectivity index (χ1) is 16.1. The van der Waals surface area contributed by atoms with Gasteiger partial charge in [-0.3, -0.25) is 15.0 Å². The van der Waals surface area contributed by atoms with Crippen molar-refractivity contribution in [3.63, 3.8) is 0 Å². The van der Waals surface area contributed by atoms with E-state index in [0.717, 1.165) is 76.7 Å². The number of nitrogens with one attached hydrogen (secondary N) is 3.